The number of aryl methyl sites for hydroxylation is 1. The van der Waals surface area contributed by atoms with Gasteiger partial charge in [-0.15, -0.1) is 0 Å². The van der Waals surface area contributed by atoms with Crippen LogP contribution in [0.4, 0.5) is 0 Å². The van der Waals surface area contributed by atoms with E-state index in [2.05, 4.69) is 65.5 Å². The minimum Gasteiger partial charge on any atom is -0.317 e. The number of hydrogen-bond donors (Lipinski definition) is 1. The van der Waals surface area contributed by atoms with Crippen LogP contribution >= 0.6 is 0 Å². The fraction of sp³-hybridized carbons (Fsp3) is 0.350. The van der Waals surface area contributed by atoms with Gasteiger partial charge in [0.05, 0.1) is 5.69 Å². The van der Waals surface area contributed by atoms with Crippen LogP contribution in [0.1, 0.15) is 31.4 Å². The maximum absolute atomic E-state index is 4.92. The lowest BCUT2D eigenvalue weighted by Crippen LogP contribution is -2.27. The summed E-state index contributed by atoms with van der Waals surface area (Å²) in [6, 6.07) is 17.4. The third-order valence-corrected chi connectivity index (χ3v) is 4.93. The minimum absolute atomic E-state index is 0.632. The third kappa shape index (κ3) is 2.66. The Morgan fingerprint density at radius 2 is 1.87 bits per heavy atom. The fourth-order valence-electron chi connectivity index (χ4n) is 3.71. The van der Waals surface area contributed by atoms with E-state index in [4.69, 9.17) is 5.10 Å². The molecule has 3 aromatic rings. The lowest BCUT2D eigenvalue weighted by Gasteiger charge is -2.23. The van der Waals surface area contributed by atoms with Gasteiger partial charge in [0.2, 0.25) is 0 Å². The average Bonchev–Trinajstić information content (AvgIpc) is 3.06. The summed E-state index contributed by atoms with van der Waals surface area (Å²) in [7, 11) is 0. The van der Waals surface area contributed by atoms with Gasteiger partial charge >= 0.3 is 0 Å². The van der Waals surface area contributed by atoms with Gasteiger partial charge in [-0.2, -0.15) is 5.10 Å². The molecular weight excluding hydrogens is 282 g/mol. The van der Waals surface area contributed by atoms with Crippen molar-refractivity contribution in [2.45, 2.75) is 32.2 Å². The van der Waals surface area contributed by atoms with E-state index in [-0.39, 0.29) is 0 Å². The van der Waals surface area contributed by atoms with E-state index in [1.54, 1.807) is 0 Å². The van der Waals surface area contributed by atoms with Crippen molar-refractivity contribution >= 4 is 10.8 Å². The molecule has 0 saturated carbocycles. The monoisotopic (exact) mass is 305 g/mol. The van der Waals surface area contributed by atoms with Gasteiger partial charge in [-0.1, -0.05) is 42.5 Å². The SMILES string of the molecule is CCn1nc(-c2cccc3ccccc23)cc1C1CCNCC1. The van der Waals surface area contributed by atoms with E-state index in [1.165, 1.54) is 34.9 Å². The highest BCUT2D eigenvalue weighted by Gasteiger charge is 2.21. The summed E-state index contributed by atoms with van der Waals surface area (Å²) < 4.78 is 2.20. The van der Waals surface area contributed by atoms with Gasteiger partial charge in [0, 0.05) is 23.7 Å². The van der Waals surface area contributed by atoms with Crippen LogP contribution in [0, 0.1) is 0 Å². The quantitative estimate of drug-likeness (QED) is 0.786. The number of piperidine rings is 1. The van der Waals surface area contributed by atoms with Crippen LogP contribution < -0.4 is 5.32 Å². The van der Waals surface area contributed by atoms with Gasteiger partial charge in [0.25, 0.3) is 0 Å². The Kier molecular flexibility index (Phi) is 3.88. The Bertz CT molecular complexity index is 807. The zero-order valence-electron chi connectivity index (χ0n) is 13.6. The molecule has 0 unspecified atom stereocenters. The first kappa shape index (κ1) is 14.5. The molecule has 23 heavy (non-hydrogen) atoms. The van der Waals surface area contributed by atoms with E-state index >= 15 is 0 Å². The maximum Gasteiger partial charge on any atom is 0.0932 e. The lowest BCUT2D eigenvalue weighted by molar-refractivity contribution is 0.432. The summed E-state index contributed by atoms with van der Waals surface area (Å²) in [5.74, 6) is 0.632. The molecule has 1 N–H and O–H groups in total. The van der Waals surface area contributed by atoms with Crippen LogP contribution in [0.15, 0.2) is 48.5 Å². The van der Waals surface area contributed by atoms with Crippen molar-refractivity contribution in [3.8, 4) is 11.3 Å². The van der Waals surface area contributed by atoms with Crippen molar-refractivity contribution in [1.29, 1.82) is 0 Å². The first-order chi connectivity index (χ1) is 11.4. The van der Waals surface area contributed by atoms with E-state index in [0.29, 0.717) is 5.92 Å². The molecule has 1 aromatic heterocycles. The number of rotatable bonds is 3. The molecule has 2 heterocycles. The van der Waals surface area contributed by atoms with Gasteiger partial charge in [-0.3, -0.25) is 4.68 Å². The van der Waals surface area contributed by atoms with E-state index in [1.807, 2.05) is 0 Å². The van der Waals surface area contributed by atoms with Crippen LogP contribution in [0.3, 0.4) is 0 Å². The molecule has 1 aliphatic heterocycles. The molecule has 2 aromatic carbocycles. The number of aromatic nitrogens is 2. The smallest absolute Gasteiger partial charge is 0.0932 e. The summed E-state index contributed by atoms with van der Waals surface area (Å²) in [4.78, 5) is 0. The Morgan fingerprint density at radius 1 is 1.09 bits per heavy atom. The van der Waals surface area contributed by atoms with Crippen molar-refractivity contribution in [1.82, 2.24) is 15.1 Å². The Hall–Kier alpha value is -2.13. The summed E-state index contributed by atoms with van der Waals surface area (Å²) >= 11 is 0. The number of fused-ring (bicyclic) bond motifs is 1. The first-order valence-electron chi connectivity index (χ1n) is 8.63. The molecule has 4 rings (SSSR count). The number of hydrogen-bond acceptors (Lipinski definition) is 2. The van der Waals surface area contributed by atoms with Crippen LogP contribution in [0.5, 0.6) is 0 Å². The van der Waals surface area contributed by atoms with Crippen molar-refractivity contribution in [3.05, 3.63) is 54.2 Å². The van der Waals surface area contributed by atoms with Crippen molar-refractivity contribution in [2.75, 3.05) is 13.1 Å². The summed E-state index contributed by atoms with van der Waals surface area (Å²) in [5.41, 5.74) is 3.75. The summed E-state index contributed by atoms with van der Waals surface area (Å²) in [6.07, 6.45) is 2.42. The second kappa shape index (κ2) is 6.17. The molecule has 0 atom stereocenters. The Labute approximate surface area is 137 Å². The van der Waals surface area contributed by atoms with Gasteiger partial charge in [-0.25, -0.2) is 0 Å². The number of nitrogens with zero attached hydrogens (tertiary/aromatic N) is 2. The van der Waals surface area contributed by atoms with Gasteiger partial charge in [-0.05, 0) is 49.7 Å². The van der Waals surface area contributed by atoms with Gasteiger partial charge < -0.3 is 5.32 Å². The van der Waals surface area contributed by atoms with Crippen LogP contribution in [-0.2, 0) is 6.54 Å². The first-order valence-corrected chi connectivity index (χ1v) is 8.63. The topological polar surface area (TPSA) is 29.9 Å². The number of nitrogens with one attached hydrogen (secondary N) is 1. The van der Waals surface area contributed by atoms with E-state index in [0.717, 1.165) is 25.3 Å². The van der Waals surface area contributed by atoms with Crippen LogP contribution in [0.2, 0.25) is 0 Å². The third-order valence-electron chi connectivity index (χ3n) is 4.93. The predicted molar refractivity (Wildman–Crippen MR) is 95.7 cm³/mol. The normalized spacial score (nSPS) is 16.0. The molecular formula is C20H23N3. The second-order valence-corrected chi connectivity index (χ2v) is 6.32. The second-order valence-electron chi connectivity index (χ2n) is 6.32. The summed E-state index contributed by atoms with van der Waals surface area (Å²) in [6.45, 7) is 5.35. The van der Waals surface area contributed by atoms with Crippen molar-refractivity contribution in [3.63, 3.8) is 0 Å². The molecule has 0 bridgehead atoms. The molecule has 1 saturated heterocycles. The molecule has 3 heteroatoms. The van der Waals surface area contributed by atoms with Crippen LogP contribution in [0.25, 0.3) is 22.0 Å². The zero-order valence-corrected chi connectivity index (χ0v) is 13.6. The van der Waals surface area contributed by atoms with Crippen molar-refractivity contribution < 1.29 is 0 Å². The highest BCUT2D eigenvalue weighted by Crippen LogP contribution is 2.32. The Balaban J connectivity index is 1.81. The predicted octanol–water partition coefficient (Wildman–Crippen LogP) is 4.19. The molecule has 118 valence electrons. The molecule has 0 spiro atoms. The van der Waals surface area contributed by atoms with Crippen molar-refractivity contribution in [2.24, 2.45) is 0 Å². The lowest BCUT2D eigenvalue weighted by atomic mass is 9.93. The molecule has 0 radical (unpaired) electrons. The van der Waals surface area contributed by atoms with Gasteiger partial charge in [0.15, 0.2) is 0 Å². The molecule has 1 aliphatic rings. The molecule has 0 aliphatic carbocycles. The molecule has 0 amide bonds. The largest absolute Gasteiger partial charge is 0.317 e. The summed E-state index contributed by atoms with van der Waals surface area (Å²) in [5, 5.41) is 10.9. The minimum atomic E-state index is 0.632. The zero-order chi connectivity index (χ0) is 15.6. The molecule has 1 fully saturated rings. The fourth-order valence-corrected chi connectivity index (χ4v) is 3.71. The van der Waals surface area contributed by atoms with E-state index < -0.39 is 0 Å². The average molecular weight is 305 g/mol. The molecule has 3 nitrogen and oxygen atoms in total. The number of benzene rings is 2. The maximum atomic E-state index is 4.92. The standard InChI is InChI=1S/C20H23N3/c1-2-23-20(16-10-12-21-13-11-16)14-19(22-23)18-9-5-7-15-6-3-4-8-17(15)18/h3-9,14,16,21H,2,10-13H2,1H3. The van der Waals surface area contributed by atoms with E-state index in [9.17, 15) is 0 Å². The Morgan fingerprint density at radius 3 is 2.70 bits per heavy atom. The van der Waals surface area contributed by atoms with Gasteiger partial charge in [0.1, 0.15) is 0 Å². The highest BCUT2D eigenvalue weighted by atomic mass is 15.3. The highest BCUT2D eigenvalue weighted by molar-refractivity contribution is 5.95. The van der Waals surface area contributed by atoms with Crippen LogP contribution in [-0.4, -0.2) is 22.9 Å².